The number of carbonyl (C=O) groups excluding carboxylic acids is 5. The molecule has 2 saturated heterocycles. The Morgan fingerprint density at radius 2 is 1.10 bits per heavy atom. The number of amides is 5. The van der Waals surface area contributed by atoms with E-state index in [1.54, 1.807) is 47.5 Å². The van der Waals surface area contributed by atoms with Crippen molar-refractivity contribution in [1.82, 2.24) is 39.0 Å². The number of nitrogens with one attached hydrogen (secondary N) is 1. The first-order valence-electron chi connectivity index (χ1n) is 22.0. The first-order valence-corrected chi connectivity index (χ1v) is 22.0. The molecule has 6 heterocycles. The van der Waals surface area contributed by atoms with E-state index in [1.807, 2.05) is 71.5 Å². The minimum Gasteiger partial charge on any atom is -0.444 e. The number of hydrogen-bond donors (Lipinski definition) is 1. The number of carbonyl (C=O) groups is 5. The molecule has 0 bridgehead atoms. The lowest BCUT2D eigenvalue weighted by atomic mass is 9.98. The summed E-state index contributed by atoms with van der Waals surface area (Å²) in [5, 5.41) is 5.26. The molecule has 14 heteroatoms. The molecule has 61 heavy (non-hydrogen) atoms. The van der Waals surface area contributed by atoms with Gasteiger partial charge in [0, 0.05) is 126 Å². The Bertz CT molecular complexity index is 2340. The van der Waals surface area contributed by atoms with Crippen LogP contribution < -0.4 is 5.32 Å². The Balaban J connectivity index is 0.000000189. The average Bonchev–Trinajstić information content (AvgIpc) is 3.74. The summed E-state index contributed by atoms with van der Waals surface area (Å²) in [6, 6.07) is 11.2. The summed E-state index contributed by atoms with van der Waals surface area (Å²) in [4.78, 5) is 73.6. The van der Waals surface area contributed by atoms with Crippen LogP contribution in [-0.2, 0) is 30.7 Å². The Labute approximate surface area is 359 Å². The van der Waals surface area contributed by atoms with E-state index in [0.29, 0.717) is 36.9 Å². The highest BCUT2D eigenvalue weighted by Gasteiger charge is 2.33. The van der Waals surface area contributed by atoms with Crippen molar-refractivity contribution in [2.45, 2.75) is 91.8 Å². The van der Waals surface area contributed by atoms with Gasteiger partial charge in [-0.3, -0.25) is 18.7 Å². The molecule has 4 aromatic rings. The van der Waals surface area contributed by atoms with Gasteiger partial charge in [0.25, 0.3) is 11.8 Å². The van der Waals surface area contributed by atoms with Gasteiger partial charge in [-0.15, -0.1) is 0 Å². The minimum absolute atomic E-state index is 0.0223. The molecule has 4 aliphatic rings. The van der Waals surface area contributed by atoms with Gasteiger partial charge in [-0.25, -0.2) is 14.4 Å². The van der Waals surface area contributed by atoms with Crippen molar-refractivity contribution in [3.8, 4) is 0 Å². The molecule has 2 fully saturated rings. The molecule has 328 valence electrons. The molecule has 2 aromatic heterocycles. The molecule has 0 aliphatic carbocycles. The van der Waals surface area contributed by atoms with Crippen LogP contribution in [0.25, 0.3) is 21.8 Å². The summed E-state index contributed by atoms with van der Waals surface area (Å²) in [7, 11) is 7.00. The fourth-order valence-corrected chi connectivity index (χ4v) is 9.02. The molecule has 14 nitrogen and oxygen atoms in total. The van der Waals surface area contributed by atoms with Crippen LogP contribution in [0.2, 0.25) is 0 Å². The zero-order valence-corrected chi connectivity index (χ0v) is 37.6. The fraction of sp³-hybridized carbons (Fsp3) is 0.553. The smallest absolute Gasteiger partial charge is 0.410 e. The molecule has 0 radical (unpaired) electrons. The second-order valence-electron chi connectivity index (χ2n) is 18.9. The molecule has 0 saturated carbocycles. The first kappa shape index (κ1) is 43.7. The molecule has 0 atom stereocenters. The normalized spacial score (nSPS) is 17.4. The number of fused-ring (bicyclic) bond motifs is 6. The molecule has 0 spiro atoms. The summed E-state index contributed by atoms with van der Waals surface area (Å²) in [6.07, 6.45) is 5.16. The summed E-state index contributed by atoms with van der Waals surface area (Å²) in [5.41, 5.74) is 6.43. The Morgan fingerprint density at radius 1 is 0.639 bits per heavy atom. The Hall–Kier alpha value is -5.37. The van der Waals surface area contributed by atoms with Gasteiger partial charge in [-0.1, -0.05) is 13.8 Å². The molecule has 2 aromatic carbocycles. The maximum Gasteiger partial charge on any atom is 0.410 e. The van der Waals surface area contributed by atoms with Crippen LogP contribution in [0.5, 0.6) is 0 Å². The van der Waals surface area contributed by atoms with E-state index in [0.717, 1.165) is 121 Å². The van der Waals surface area contributed by atoms with Crippen molar-refractivity contribution in [2.24, 2.45) is 11.8 Å². The SMILES string of the molecule is CC1CCN(C(=O)c2ccc3c(c2)c2c(n3C(=O)N(C)C)CCN(C(=O)OC(C)(C)C)C2)CC1.CC1CCN(C(=O)c2ccc3c(c2)c2c(n3C(=O)N(C)C)CCNC2)CC1. The van der Waals surface area contributed by atoms with Crippen LogP contribution in [0, 0.1) is 11.8 Å². The van der Waals surface area contributed by atoms with Crippen LogP contribution in [0.15, 0.2) is 36.4 Å². The third-order valence-electron chi connectivity index (χ3n) is 12.6. The van der Waals surface area contributed by atoms with Crippen molar-refractivity contribution in [3.05, 3.63) is 70.0 Å². The van der Waals surface area contributed by atoms with Crippen LogP contribution >= 0.6 is 0 Å². The van der Waals surface area contributed by atoms with E-state index >= 15 is 0 Å². The highest BCUT2D eigenvalue weighted by atomic mass is 16.6. The van der Waals surface area contributed by atoms with Gasteiger partial charge in [0.1, 0.15) is 5.60 Å². The van der Waals surface area contributed by atoms with Crippen molar-refractivity contribution < 1.29 is 28.7 Å². The summed E-state index contributed by atoms with van der Waals surface area (Å²) < 4.78 is 9.14. The predicted octanol–water partition coefficient (Wildman–Crippen LogP) is 7.03. The van der Waals surface area contributed by atoms with E-state index < -0.39 is 5.60 Å². The third-order valence-corrected chi connectivity index (χ3v) is 12.6. The fourth-order valence-electron chi connectivity index (χ4n) is 9.02. The molecule has 4 aliphatic heterocycles. The largest absolute Gasteiger partial charge is 0.444 e. The van der Waals surface area contributed by atoms with E-state index in [1.165, 1.54) is 0 Å². The number of aromatic nitrogens is 2. The van der Waals surface area contributed by atoms with Gasteiger partial charge >= 0.3 is 18.2 Å². The van der Waals surface area contributed by atoms with Crippen molar-refractivity contribution in [2.75, 3.05) is 67.5 Å². The number of hydrogen-bond acceptors (Lipinski definition) is 7. The summed E-state index contributed by atoms with van der Waals surface area (Å²) in [5.74, 6) is 1.46. The number of piperidine rings is 2. The lowest BCUT2D eigenvalue weighted by Crippen LogP contribution is -2.40. The highest BCUT2D eigenvalue weighted by molar-refractivity contribution is 6.03. The zero-order chi connectivity index (χ0) is 43.9. The number of ether oxygens (including phenoxy) is 1. The monoisotopic (exact) mass is 836 g/mol. The average molecular weight is 837 g/mol. The molecule has 0 unspecified atom stereocenters. The van der Waals surface area contributed by atoms with E-state index in [-0.39, 0.29) is 30.0 Å². The number of benzene rings is 2. The number of rotatable bonds is 2. The van der Waals surface area contributed by atoms with Crippen molar-refractivity contribution in [3.63, 3.8) is 0 Å². The first-order chi connectivity index (χ1) is 28.9. The topological polar surface area (TPSA) is 133 Å². The Morgan fingerprint density at radius 3 is 1.56 bits per heavy atom. The van der Waals surface area contributed by atoms with E-state index in [4.69, 9.17) is 4.74 Å². The van der Waals surface area contributed by atoms with Crippen molar-refractivity contribution >= 4 is 51.8 Å². The van der Waals surface area contributed by atoms with Gasteiger partial charge < -0.3 is 34.6 Å². The lowest BCUT2D eigenvalue weighted by Gasteiger charge is -2.31. The molecule has 8 rings (SSSR count). The zero-order valence-electron chi connectivity index (χ0n) is 37.6. The lowest BCUT2D eigenvalue weighted by molar-refractivity contribution is 0.0223. The van der Waals surface area contributed by atoms with E-state index in [9.17, 15) is 24.0 Å². The van der Waals surface area contributed by atoms with Gasteiger partial charge in [0.05, 0.1) is 17.6 Å². The van der Waals surface area contributed by atoms with Crippen LogP contribution in [-0.4, -0.2) is 137 Å². The highest BCUT2D eigenvalue weighted by Crippen LogP contribution is 2.34. The van der Waals surface area contributed by atoms with Gasteiger partial charge in [0.15, 0.2) is 0 Å². The van der Waals surface area contributed by atoms with E-state index in [2.05, 4.69) is 19.2 Å². The Kier molecular flexibility index (Phi) is 12.6. The predicted molar refractivity (Wildman–Crippen MR) is 237 cm³/mol. The summed E-state index contributed by atoms with van der Waals surface area (Å²) >= 11 is 0. The summed E-state index contributed by atoms with van der Waals surface area (Å²) in [6.45, 7) is 15.6. The number of likely N-dealkylation sites (tertiary alicyclic amines) is 2. The maximum atomic E-state index is 13.3. The molecule has 5 amide bonds. The van der Waals surface area contributed by atoms with Crippen LogP contribution in [0.1, 0.15) is 104 Å². The second-order valence-corrected chi connectivity index (χ2v) is 18.9. The number of nitrogens with zero attached hydrogens (tertiary/aromatic N) is 7. The van der Waals surface area contributed by atoms with Crippen molar-refractivity contribution in [1.29, 1.82) is 0 Å². The third kappa shape index (κ3) is 9.01. The van der Waals surface area contributed by atoms with Gasteiger partial charge in [0.2, 0.25) is 0 Å². The van der Waals surface area contributed by atoms with Crippen LogP contribution in [0.4, 0.5) is 14.4 Å². The molecule has 1 N–H and O–H groups in total. The molecular formula is C47H64N8O6. The maximum absolute atomic E-state index is 13.3. The molecular weight excluding hydrogens is 773 g/mol. The van der Waals surface area contributed by atoms with Gasteiger partial charge in [-0.05, 0) is 100 Å². The van der Waals surface area contributed by atoms with Crippen LogP contribution in [0.3, 0.4) is 0 Å². The quantitative estimate of drug-likeness (QED) is 0.230. The minimum atomic E-state index is -0.586. The standard InChI is InChI=1S/C26H36N4O4.C21H28N4O2/c1-17-9-12-28(13-10-17)23(31)18-7-8-21-19(15-18)20-16-29(25(33)34-26(2,3)4)14-11-22(20)30(21)24(32)27(5)6;1-14-7-10-24(11-8-14)20(26)15-4-5-18-16(12-15)17-13-22-9-6-19(17)25(18)21(27)23(2)3/h7-8,15,17H,9-14,16H2,1-6H3;4-5,12,14,22H,6-11,13H2,1-3H3. The second kappa shape index (κ2) is 17.5. The van der Waals surface area contributed by atoms with Gasteiger partial charge in [-0.2, -0.15) is 0 Å².